The van der Waals surface area contributed by atoms with Crippen LogP contribution in [0.4, 0.5) is 61.5 Å². The van der Waals surface area contributed by atoms with Crippen LogP contribution in [0.1, 0.15) is 11.1 Å². The minimum atomic E-state index is -5.18. The van der Waals surface area contributed by atoms with Gasteiger partial charge >= 0.3 is 5.92 Å². The van der Waals surface area contributed by atoms with E-state index in [4.69, 9.17) is 0 Å². The first-order valence-corrected chi connectivity index (χ1v) is 8.60. The molecule has 4 rings (SSSR count). The lowest BCUT2D eigenvalue weighted by Crippen LogP contribution is -2.41. The van der Waals surface area contributed by atoms with Crippen molar-refractivity contribution in [3.8, 4) is 11.1 Å². The van der Waals surface area contributed by atoms with E-state index in [-0.39, 0.29) is 0 Å². The fourth-order valence-electron chi connectivity index (χ4n) is 3.72. The molecule has 34 heavy (non-hydrogen) atoms. The molecule has 15 heteroatoms. The number of rotatable bonds is 2. The second-order valence-electron chi connectivity index (χ2n) is 6.98. The van der Waals surface area contributed by atoms with Crippen molar-refractivity contribution in [1.82, 2.24) is 0 Å². The maximum absolute atomic E-state index is 15.0. The Hall–Kier alpha value is -3.26. The highest BCUT2D eigenvalue weighted by Crippen LogP contribution is 2.54. The molecule has 0 aromatic heterocycles. The van der Waals surface area contributed by atoms with Crippen LogP contribution in [0, 0.1) is 69.8 Å². The zero-order valence-corrected chi connectivity index (χ0v) is 15.5. The highest BCUT2D eigenvalue weighted by molar-refractivity contribution is 6.68. The molecule has 3 aromatic rings. The molecule has 0 atom stereocenters. The van der Waals surface area contributed by atoms with Crippen LogP contribution in [0.15, 0.2) is 0 Å². The SMILES string of the molecule is Fc1c(F)c(F)c(Bc2c(F)c(F)c(F)c3c2C(F)(F)c2c(F)c(F)c(F)c(F)c2-3)c(F)c1F. The minimum Gasteiger partial charge on any atom is -0.204 e. The van der Waals surface area contributed by atoms with E-state index in [1.165, 1.54) is 0 Å². The predicted octanol–water partition coefficient (Wildman–Crippen LogP) is 4.86. The van der Waals surface area contributed by atoms with Crippen molar-refractivity contribution in [2.45, 2.75) is 5.92 Å². The van der Waals surface area contributed by atoms with Crippen LogP contribution >= 0.6 is 0 Å². The molecule has 0 amide bonds. The van der Waals surface area contributed by atoms with Crippen molar-refractivity contribution in [1.29, 1.82) is 0 Å². The van der Waals surface area contributed by atoms with E-state index < -0.39 is 116 Å². The number of alkyl halides is 2. The Morgan fingerprint density at radius 3 is 1.18 bits per heavy atom. The minimum absolute atomic E-state index is 1.99. The Labute approximate surface area is 178 Å². The summed E-state index contributed by atoms with van der Waals surface area (Å²) in [6.45, 7) is 0. The molecule has 1 aliphatic rings. The molecule has 1 aliphatic carbocycles. The van der Waals surface area contributed by atoms with E-state index in [9.17, 15) is 52.7 Å². The quantitative estimate of drug-likeness (QED) is 0.202. The van der Waals surface area contributed by atoms with E-state index in [0.717, 1.165) is 0 Å². The maximum atomic E-state index is 15.0. The molecule has 178 valence electrons. The second-order valence-corrected chi connectivity index (χ2v) is 6.98. The molecule has 3 aromatic carbocycles. The fourth-order valence-corrected chi connectivity index (χ4v) is 3.72. The average Bonchev–Trinajstić information content (AvgIpc) is 3.04. The molecule has 0 radical (unpaired) electrons. The molecule has 0 fully saturated rings. The van der Waals surface area contributed by atoms with Gasteiger partial charge in [-0.15, -0.1) is 0 Å². The summed E-state index contributed by atoms with van der Waals surface area (Å²) >= 11 is 0. The highest BCUT2D eigenvalue weighted by Gasteiger charge is 2.54. The van der Waals surface area contributed by atoms with Crippen molar-refractivity contribution in [2.24, 2.45) is 0 Å². The molecular formula is C19HBF14. The molecule has 0 nitrogen and oxygen atoms in total. The maximum Gasteiger partial charge on any atom is 0.302 e. The average molecular weight is 506 g/mol. The zero-order chi connectivity index (χ0) is 25.6. The summed E-state index contributed by atoms with van der Waals surface area (Å²) in [5.41, 5.74) is -12.7. The van der Waals surface area contributed by atoms with Gasteiger partial charge in [-0.1, -0.05) is 0 Å². The van der Waals surface area contributed by atoms with Gasteiger partial charge in [-0.05, 0) is 10.9 Å². The summed E-state index contributed by atoms with van der Waals surface area (Å²) < 4.78 is 197. The van der Waals surface area contributed by atoms with Gasteiger partial charge in [0.15, 0.2) is 69.8 Å². The van der Waals surface area contributed by atoms with Crippen LogP contribution in [-0.4, -0.2) is 7.28 Å². The van der Waals surface area contributed by atoms with Gasteiger partial charge in [0.1, 0.15) is 0 Å². The zero-order valence-electron chi connectivity index (χ0n) is 15.5. The number of halogens is 14. The lowest BCUT2D eigenvalue weighted by molar-refractivity contribution is 0.0435. The Kier molecular flexibility index (Phi) is 5.18. The summed E-state index contributed by atoms with van der Waals surface area (Å²) in [5, 5.41) is 0. The molecule has 0 unspecified atom stereocenters. The summed E-state index contributed by atoms with van der Waals surface area (Å²) in [6, 6.07) is 0. The normalized spacial score (nSPS) is 13.8. The van der Waals surface area contributed by atoms with Crippen molar-refractivity contribution in [3.05, 3.63) is 80.9 Å². The largest absolute Gasteiger partial charge is 0.302 e. The summed E-state index contributed by atoms with van der Waals surface area (Å²) in [7, 11) is -2.07. The second kappa shape index (κ2) is 7.37. The van der Waals surface area contributed by atoms with Gasteiger partial charge in [-0.25, -0.2) is 52.7 Å². The first kappa shape index (κ1) is 23.9. The Bertz CT molecular complexity index is 1400. The molecular weight excluding hydrogens is 505 g/mol. The molecule has 0 N–H and O–H groups in total. The molecule has 0 spiro atoms. The molecule has 0 saturated carbocycles. The number of benzene rings is 3. The van der Waals surface area contributed by atoms with Crippen LogP contribution in [0.2, 0.25) is 0 Å². The standard InChI is InChI=1S/C19HBF14/c21-7-1-2-4(9(23)15(29)14(28)8(2)22)19(33,34)3(1)5(10(24)13(7)27)20-6-11(25)16(30)18(32)17(31)12(6)26/h20H. The van der Waals surface area contributed by atoms with Crippen molar-refractivity contribution in [2.75, 3.05) is 0 Å². The van der Waals surface area contributed by atoms with E-state index in [2.05, 4.69) is 0 Å². The first-order chi connectivity index (χ1) is 15.7. The van der Waals surface area contributed by atoms with Gasteiger partial charge in [0.2, 0.25) is 7.28 Å². The van der Waals surface area contributed by atoms with E-state index in [1.807, 2.05) is 0 Å². The number of hydrogen-bond acceptors (Lipinski definition) is 0. The van der Waals surface area contributed by atoms with Crippen molar-refractivity contribution >= 4 is 18.2 Å². The van der Waals surface area contributed by atoms with E-state index >= 15 is 8.78 Å². The monoisotopic (exact) mass is 506 g/mol. The lowest BCUT2D eigenvalue weighted by atomic mass is 9.60. The Morgan fingerprint density at radius 1 is 0.353 bits per heavy atom. The van der Waals surface area contributed by atoms with Crippen molar-refractivity contribution in [3.63, 3.8) is 0 Å². The molecule has 0 aliphatic heterocycles. The van der Waals surface area contributed by atoms with Gasteiger partial charge in [0, 0.05) is 16.7 Å². The van der Waals surface area contributed by atoms with Crippen molar-refractivity contribution < 1.29 is 61.5 Å². The Balaban J connectivity index is 2.14. The summed E-state index contributed by atoms with van der Waals surface area (Å²) in [6.07, 6.45) is 0. The van der Waals surface area contributed by atoms with Crippen LogP contribution in [0.3, 0.4) is 0 Å². The third kappa shape index (κ3) is 2.81. The van der Waals surface area contributed by atoms with Crippen LogP contribution in [0.5, 0.6) is 0 Å². The van der Waals surface area contributed by atoms with Gasteiger partial charge < -0.3 is 0 Å². The summed E-state index contributed by atoms with van der Waals surface area (Å²) in [5.74, 6) is -37.4. The molecule has 0 heterocycles. The van der Waals surface area contributed by atoms with E-state index in [1.54, 1.807) is 0 Å². The number of fused-ring (bicyclic) bond motifs is 3. The topological polar surface area (TPSA) is 0 Å². The number of hydrogen-bond donors (Lipinski definition) is 0. The predicted molar refractivity (Wildman–Crippen MR) is 87.2 cm³/mol. The van der Waals surface area contributed by atoms with E-state index in [0.29, 0.717) is 0 Å². The molecule has 0 saturated heterocycles. The highest BCUT2D eigenvalue weighted by atomic mass is 19.3. The Morgan fingerprint density at radius 2 is 0.676 bits per heavy atom. The molecule has 0 bridgehead atoms. The third-order valence-corrected chi connectivity index (χ3v) is 5.22. The van der Waals surface area contributed by atoms with Gasteiger partial charge in [-0.2, -0.15) is 8.78 Å². The van der Waals surface area contributed by atoms with Crippen LogP contribution in [0.25, 0.3) is 11.1 Å². The smallest absolute Gasteiger partial charge is 0.204 e. The third-order valence-electron chi connectivity index (χ3n) is 5.22. The lowest BCUT2D eigenvalue weighted by Gasteiger charge is -2.18. The first-order valence-electron chi connectivity index (χ1n) is 8.60. The van der Waals surface area contributed by atoms with Gasteiger partial charge in [-0.3, -0.25) is 0 Å². The van der Waals surface area contributed by atoms with Crippen LogP contribution in [-0.2, 0) is 5.92 Å². The van der Waals surface area contributed by atoms with Gasteiger partial charge in [0.05, 0.1) is 5.56 Å². The summed E-state index contributed by atoms with van der Waals surface area (Å²) in [4.78, 5) is 0. The van der Waals surface area contributed by atoms with Crippen LogP contribution < -0.4 is 10.9 Å². The van der Waals surface area contributed by atoms with Gasteiger partial charge in [0.25, 0.3) is 0 Å². The fraction of sp³-hybridized carbons (Fsp3) is 0.0526.